The van der Waals surface area contributed by atoms with Gasteiger partial charge in [-0.3, -0.25) is 4.79 Å². The predicted molar refractivity (Wildman–Crippen MR) is 91.3 cm³/mol. The van der Waals surface area contributed by atoms with Gasteiger partial charge in [0.15, 0.2) is 0 Å². The number of hydrogen-bond donors (Lipinski definition) is 0. The molecule has 104 valence electrons. The van der Waals surface area contributed by atoms with Crippen LogP contribution in [0.3, 0.4) is 0 Å². The van der Waals surface area contributed by atoms with E-state index >= 15 is 0 Å². The number of hydrogen-bond acceptors (Lipinski definition) is 2. The number of fused-ring (bicyclic) bond motifs is 1. The first-order valence-corrected chi connectivity index (χ1v) is 8.71. The molecule has 0 radical (unpaired) electrons. The number of halogens is 1. The second-order valence-electron chi connectivity index (χ2n) is 5.16. The molecule has 1 atom stereocenters. The smallest absolute Gasteiger partial charge is 0.254 e. The Labute approximate surface area is 136 Å². The van der Waals surface area contributed by atoms with Crippen LogP contribution in [0.25, 0.3) is 0 Å². The fourth-order valence-corrected chi connectivity index (χ4v) is 4.22. The van der Waals surface area contributed by atoms with Crippen LogP contribution in [-0.2, 0) is 6.42 Å². The summed E-state index contributed by atoms with van der Waals surface area (Å²) in [6.45, 7) is 0. The van der Waals surface area contributed by atoms with Gasteiger partial charge >= 0.3 is 0 Å². The van der Waals surface area contributed by atoms with Crippen LogP contribution < -0.4 is 0 Å². The zero-order valence-electron chi connectivity index (χ0n) is 11.3. The van der Waals surface area contributed by atoms with Gasteiger partial charge in [-0.05, 0) is 59.0 Å². The lowest BCUT2D eigenvalue weighted by molar-refractivity contribution is 0.0715. The molecule has 0 saturated carbocycles. The van der Waals surface area contributed by atoms with Crippen molar-refractivity contribution in [2.24, 2.45) is 0 Å². The predicted octanol–water partition coefficient (Wildman–Crippen LogP) is 4.50. The van der Waals surface area contributed by atoms with Gasteiger partial charge in [0.1, 0.15) is 0 Å². The largest absolute Gasteiger partial charge is 0.335 e. The number of carbonyl (C=O) groups is 1. The second kappa shape index (κ2) is 5.85. The Morgan fingerprint density at radius 3 is 2.95 bits per heavy atom. The summed E-state index contributed by atoms with van der Waals surface area (Å²) in [4.78, 5) is 14.5. The molecule has 0 bridgehead atoms. The van der Waals surface area contributed by atoms with Crippen LogP contribution in [0.2, 0.25) is 0 Å². The number of rotatable bonds is 2. The minimum atomic E-state index is 0.130. The van der Waals surface area contributed by atoms with E-state index in [2.05, 4.69) is 46.9 Å². The van der Waals surface area contributed by atoms with Crippen LogP contribution in [0, 0.1) is 2.88 Å². The summed E-state index contributed by atoms with van der Waals surface area (Å²) in [5.74, 6) is 0.130. The van der Waals surface area contributed by atoms with Crippen LogP contribution in [0.5, 0.6) is 0 Å². The van der Waals surface area contributed by atoms with Gasteiger partial charge in [0.05, 0.1) is 14.5 Å². The zero-order valence-corrected chi connectivity index (χ0v) is 14.3. The van der Waals surface area contributed by atoms with Gasteiger partial charge in [0, 0.05) is 12.4 Å². The third-order valence-electron chi connectivity index (χ3n) is 3.94. The molecule has 0 aliphatic heterocycles. The summed E-state index contributed by atoms with van der Waals surface area (Å²) in [6.07, 6.45) is 3.34. The van der Waals surface area contributed by atoms with Gasteiger partial charge in [-0.25, -0.2) is 0 Å². The van der Waals surface area contributed by atoms with Gasteiger partial charge in [-0.2, -0.15) is 0 Å². The molecule has 0 saturated heterocycles. The molecule has 1 heterocycles. The minimum Gasteiger partial charge on any atom is -0.335 e. The van der Waals surface area contributed by atoms with Crippen LogP contribution in [0.4, 0.5) is 0 Å². The zero-order chi connectivity index (χ0) is 14.1. The molecule has 20 heavy (non-hydrogen) atoms. The number of amides is 1. The van der Waals surface area contributed by atoms with Crippen molar-refractivity contribution in [3.63, 3.8) is 0 Å². The van der Waals surface area contributed by atoms with Crippen molar-refractivity contribution in [1.82, 2.24) is 4.90 Å². The highest BCUT2D eigenvalue weighted by Crippen LogP contribution is 2.34. The fourth-order valence-electron chi connectivity index (χ4n) is 2.90. The Kier molecular flexibility index (Phi) is 4.12. The van der Waals surface area contributed by atoms with E-state index in [1.807, 2.05) is 23.4 Å². The minimum absolute atomic E-state index is 0.130. The number of thiophene rings is 1. The first-order valence-electron chi connectivity index (χ1n) is 6.76. The topological polar surface area (TPSA) is 20.3 Å². The highest BCUT2D eigenvalue weighted by atomic mass is 127. The van der Waals surface area contributed by atoms with E-state index in [0.29, 0.717) is 0 Å². The second-order valence-corrected chi connectivity index (χ2v) is 7.97. The van der Waals surface area contributed by atoms with Crippen LogP contribution in [0.15, 0.2) is 35.7 Å². The standard InChI is InChI=1S/C16H16INOS/c1-18(16(19)12-9-15(17)20-10-12)14-8-4-6-11-5-2-3-7-13(11)14/h2-3,5,7,9-10,14H,4,6,8H2,1H3. The summed E-state index contributed by atoms with van der Waals surface area (Å²) in [5.41, 5.74) is 3.52. The Hall–Kier alpha value is -0.880. The van der Waals surface area contributed by atoms with E-state index in [4.69, 9.17) is 0 Å². The molecule has 2 aromatic rings. The van der Waals surface area contributed by atoms with E-state index in [1.54, 1.807) is 11.3 Å². The number of carbonyl (C=O) groups excluding carboxylic acids is 1. The van der Waals surface area contributed by atoms with Gasteiger partial charge in [0.25, 0.3) is 5.91 Å². The molecule has 2 nitrogen and oxygen atoms in total. The van der Waals surface area contributed by atoms with Crippen molar-refractivity contribution in [2.75, 3.05) is 7.05 Å². The summed E-state index contributed by atoms with van der Waals surface area (Å²) >= 11 is 3.88. The Morgan fingerprint density at radius 1 is 1.40 bits per heavy atom. The van der Waals surface area contributed by atoms with Gasteiger partial charge in [-0.1, -0.05) is 24.3 Å². The van der Waals surface area contributed by atoms with Crippen molar-refractivity contribution in [3.8, 4) is 0 Å². The van der Waals surface area contributed by atoms with E-state index in [9.17, 15) is 4.79 Å². The first kappa shape index (κ1) is 14.1. The molecular weight excluding hydrogens is 381 g/mol. The lowest BCUT2D eigenvalue weighted by Crippen LogP contribution is -2.33. The highest BCUT2D eigenvalue weighted by Gasteiger charge is 2.27. The van der Waals surface area contributed by atoms with Crippen molar-refractivity contribution in [2.45, 2.75) is 25.3 Å². The van der Waals surface area contributed by atoms with Crippen LogP contribution in [-0.4, -0.2) is 17.9 Å². The molecule has 0 fully saturated rings. The molecular formula is C16H16INOS. The van der Waals surface area contributed by atoms with Gasteiger partial charge in [-0.15, -0.1) is 11.3 Å². The molecule has 1 aliphatic carbocycles. The molecule has 1 unspecified atom stereocenters. The molecule has 1 aromatic carbocycles. The number of benzene rings is 1. The molecule has 3 rings (SSSR count). The quantitative estimate of drug-likeness (QED) is 0.684. The summed E-state index contributed by atoms with van der Waals surface area (Å²) < 4.78 is 1.16. The Balaban J connectivity index is 1.88. The number of nitrogens with zero attached hydrogens (tertiary/aromatic N) is 1. The molecule has 1 aromatic heterocycles. The lowest BCUT2D eigenvalue weighted by atomic mass is 9.87. The Bertz CT molecular complexity index is 637. The molecule has 1 amide bonds. The monoisotopic (exact) mass is 397 g/mol. The van der Waals surface area contributed by atoms with Crippen molar-refractivity contribution >= 4 is 39.8 Å². The maximum absolute atomic E-state index is 12.6. The SMILES string of the molecule is CN(C(=O)c1csc(I)c1)C1CCCc2ccccc21. The third kappa shape index (κ3) is 2.63. The van der Waals surface area contributed by atoms with Crippen molar-refractivity contribution < 1.29 is 4.79 Å². The van der Waals surface area contributed by atoms with E-state index < -0.39 is 0 Å². The Morgan fingerprint density at radius 2 is 2.20 bits per heavy atom. The fraction of sp³-hybridized carbons (Fsp3) is 0.312. The van der Waals surface area contributed by atoms with E-state index in [1.165, 1.54) is 11.1 Å². The van der Waals surface area contributed by atoms with E-state index in [-0.39, 0.29) is 11.9 Å². The van der Waals surface area contributed by atoms with Crippen LogP contribution in [0.1, 0.15) is 40.4 Å². The van der Waals surface area contributed by atoms with Crippen molar-refractivity contribution in [1.29, 1.82) is 0 Å². The molecule has 4 heteroatoms. The lowest BCUT2D eigenvalue weighted by Gasteiger charge is -2.33. The summed E-state index contributed by atoms with van der Waals surface area (Å²) in [6, 6.07) is 10.7. The average Bonchev–Trinajstić information content (AvgIpc) is 2.91. The average molecular weight is 397 g/mol. The number of aryl methyl sites for hydroxylation is 1. The maximum atomic E-state index is 12.6. The van der Waals surface area contributed by atoms with Gasteiger partial charge in [0.2, 0.25) is 0 Å². The van der Waals surface area contributed by atoms with Crippen molar-refractivity contribution in [3.05, 3.63) is 55.3 Å². The maximum Gasteiger partial charge on any atom is 0.254 e. The van der Waals surface area contributed by atoms with Crippen LogP contribution >= 0.6 is 33.9 Å². The normalized spacial score (nSPS) is 17.6. The summed E-state index contributed by atoms with van der Waals surface area (Å²) in [5, 5.41) is 1.95. The highest BCUT2D eigenvalue weighted by molar-refractivity contribution is 14.1. The third-order valence-corrected chi connectivity index (χ3v) is 5.73. The molecule has 0 spiro atoms. The summed E-state index contributed by atoms with van der Waals surface area (Å²) in [7, 11) is 1.93. The molecule has 0 N–H and O–H groups in total. The van der Waals surface area contributed by atoms with Gasteiger partial charge < -0.3 is 4.90 Å². The first-order chi connectivity index (χ1) is 9.66. The van der Waals surface area contributed by atoms with E-state index in [0.717, 1.165) is 27.7 Å². The molecule has 1 aliphatic rings.